The van der Waals surface area contributed by atoms with E-state index in [1.165, 1.54) is 0 Å². The maximum atomic E-state index is 11.9. The molecular formula is C16H16N6O. The molecule has 1 amide bonds. The van der Waals surface area contributed by atoms with E-state index in [2.05, 4.69) is 30.5 Å². The SMILES string of the molecule is O=C(Cc1nc(-c2ccncc2)n[nH]1)NCCc1ccccn1. The Hall–Kier alpha value is -3.09. The Morgan fingerprint density at radius 2 is 2.00 bits per heavy atom. The molecule has 3 aromatic heterocycles. The molecular weight excluding hydrogens is 292 g/mol. The van der Waals surface area contributed by atoms with Crippen molar-refractivity contribution in [3.63, 3.8) is 0 Å². The van der Waals surface area contributed by atoms with Gasteiger partial charge in [-0.3, -0.25) is 19.9 Å². The number of aromatic nitrogens is 5. The zero-order valence-electron chi connectivity index (χ0n) is 12.4. The van der Waals surface area contributed by atoms with Crippen molar-refractivity contribution in [2.45, 2.75) is 12.8 Å². The van der Waals surface area contributed by atoms with Crippen LogP contribution in [0.3, 0.4) is 0 Å². The van der Waals surface area contributed by atoms with Crippen molar-refractivity contribution in [1.29, 1.82) is 0 Å². The van der Waals surface area contributed by atoms with Crippen molar-refractivity contribution in [1.82, 2.24) is 30.5 Å². The van der Waals surface area contributed by atoms with Crippen LogP contribution in [-0.2, 0) is 17.6 Å². The number of carbonyl (C=O) groups excluding carboxylic acids is 1. The van der Waals surface area contributed by atoms with Crippen LogP contribution in [0.1, 0.15) is 11.5 Å². The van der Waals surface area contributed by atoms with Gasteiger partial charge in [0.25, 0.3) is 0 Å². The summed E-state index contributed by atoms with van der Waals surface area (Å²) in [5.41, 5.74) is 1.81. The Morgan fingerprint density at radius 3 is 2.78 bits per heavy atom. The Labute approximate surface area is 133 Å². The molecule has 0 atom stereocenters. The molecule has 0 saturated carbocycles. The molecule has 0 bridgehead atoms. The van der Waals surface area contributed by atoms with Gasteiger partial charge in [-0.25, -0.2) is 4.98 Å². The molecule has 7 heteroatoms. The molecule has 0 radical (unpaired) electrons. The van der Waals surface area contributed by atoms with Gasteiger partial charge in [-0.2, -0.15) is 5.10 Å². The van der Waals surface area contributed by atoms with Gasteiger partial charge in [0.15, 0.2) is 5.82 Å². The molecule has 0 aliphatic rings. The molecule has 0 fully saturated rings. The third-order valence-corrected chi connectivity index (χ3v) is 3.23. The van der Waals surface area contributed by atoms with Gasteiger partial charge >= 0.3 is 0 Å². The second kappa shape index (κ2) is 7.26. The van der Waals surface area contributed by atoms with E-state index in [0.29, 0.717) is 24.6 Å². The van der Waals surface area contributed by atoms with Gasteiger partial charge in [0.05, 0.1) is 6.42 Å². The quantitative estimate of drug-likeness (QED) is 0.712. The van der Waals surface area contributed by atoms with E-state index in [4.69, 9.17) is 0 Å². The fourth-order valence-corrected chi connectivity index (χ4v) is 2.10. The predicted molar refractivity (Wildman–Crippen MR) is 84.3 cm³/mol. The second-order valence-corrected chi connectivity index (χ2v) is 4.94. The second-order valence-electron chi connectivity index (χ2n) is 4.94. The molecule has 0 aromatic carbocycles. The number of H-pyrrole nitrogens is 1. The highest BCUT2D eigenvalue weighted by molar-refractivity contribution is 5.77. The van der Waals surface area contributed by atoms with Crippen molar-refractivity contribution in [2.24, 2.45) is 0 Å². The predicted octanol–water partition coefficient (Wildman–Crippen LogP) is 1.16. The Morgan fingerprint density at radius 1 is 1.13 bits per heavy atom. The fraction of sp³-hybridized carbons (Fsp3) is 0.188. The molecule has 3 heterocycles. The van der Waals surface area contributed by atoms with E-state index >= 15 is 0 Å². The first kappa shape index (κ1) is 14.8. The lowest BCUT2D eigenvalue weighted by atomic mass is 10.2. The van der Waals surface area contributed by atoms with Crippen molar-refractivity contribution in [3.05, 3.63) is 60.4 Å². The van der Waals surface area contributed by atoms with Crippen LogP contribution in [0.4, 0.5) is 0 Å². The molecule has 0 aliphatic heterocycles. The maximum absolute atomic E-state index is 11.9. The largest absolute Gasteiger partial charge is 0.355 e. The lowest BCUT2D eigenvalue weighted by Gasteiger charge is -2.03. The van der Waals surface area contributed by atoms with Crippen LogP contribution in [-0.4, -0.2) is 37.6 Å². The molecule has 0 spiro atoms. The molecule has 0 unspecified atom stereocenters. The van der Waals surface area contributed by atoms with Gasteiger partial charge in [-0.15, -0.1) is 0 Å². The number of hydrogen-bond acceptors (Lipinski definition) is 5. The van der Waals surface area contributed by atoms with Crippen molar-refractivity contribution < 1.29 is 4.79 Å². The standard InChI is InChI=1S/C16H16N6O/c23-15(19-10-6-13-3-1-2-7-18-13)11-14-20-16(22-21-14)12-4-8-17-9-5-12/h1-5,7-9H,6,10-11H2,(H,19,23)(H,20,21,22). The average molecular weight is 308 g/mol. The first-order valence-electron chi connectivity index (χ1n) is 7.29. The van der Waals surface area contributed by atoms with Gasteiger partial charge in [0, 0.05) is 42.8 Å². The lowest BCUT2D eigenvalue weighted by Crippen LogP contribution is -2.27. The molecule has 2 N–H and O–H groups in total. The summed E-state index contributed by atoms with van der Waals surface area (Å²) in [6.45, 7) is 0.543. The van der Waals surface area contributed by atoms with Crippen LogP contribution in [0.2, 0.25) is 0 Å². The minimum absolute atomic E-state index is 0.0987. The van der Waals surface area contributed by atoms with Gasteiger partial charge in [0.2, 0.25) is 5.91 Å². The van der Waals surface area contributed by atoms with Crippen LogP contribution in [0.15, 0.2) is 48.9 Å². The zero-order valence-corrected chi connectivity index (χ0v) is 12.4. The lowest BCUT2D eigenvalue weighted by molar-refractivity contribution is -0.120. The summed E-state index contributed by atoms with van der Waals surface area (Å²) in [5.74, 6) is 0.995. The summed E-state index contributed by atoms with van der Waals surface area (Å²) in [6, 6.07) is 9.37. The smallest absolute Gasteiger partial charge is 0.227 e. The summed E-state index contributed by atoms with van der Waals surface area (Å²) >= 11 is 0. The summed E-state index contributed by atoms with van der Waals surface area (Å²) in [5, 5.41) is 9.75. The van der Waals surface area contributed by atoms with E-state index in [-0.39, 0.29) is 12.3 Å². The summed E-state index contributed by atoms with van der Waals surface area (Å²) in [6.07, 6.45) is 5.96. The minimum Gasteiger partial charge on any atom is -0.355 e. The van der Waals surface area contributed by atoms with E-state index in [9.17, 15) is 4.79 Å². The van der Waals surface area contributed by atoms with Crippen LogP contribution in [0.25, 0.3) is 11.4 Å². The van der Waals surface area contributed by atoms with Crippen molar-refractivity contribution >= 4 is 5.91 Å². The van der Waals surface area contributed by atoms with Crippen LogP contribution < -0.4 is 5.32 Å². The highest BCUT2D eigenvalue weighted by atomic mass is 16.1. The number of rotatable bonds is 6. The number of amides is 1. The van der Waals surface area contributed by atoms with Crippen LogP contribution in [0, 0.1) is 0 Å². The minimum atomic E-state index is -0.0987. The first-order chi connectivity index (χ1) is 11.3. The van der Waals surface area contributed by atoms with Gasteiger partial charge in [0.1, 0.15) is 5.82 Å². The normalized spacial score (nSPS) is 10.4. The summed E-state index contributed by atoms with van der Waals surface area (Å²) in [7, 11) is 0. The van der Waals surface area contributed by atoms with Gasteiger partial charge < -0.3 is 5.32 Å². The number of nitrogens with one attached hydrogen (secondary N) is 2. The van der Waals surface area contributed by atoms with Gasteiger partial charge in [-0.05, 0) is 24.3 Å². The fourth-order valence-electron chi connectivity index (χ4n) is 2.10. The third kappa shape index (κ3) is 4.19. The number of nitrogens with zero attached hydrogens (tertiary/aromatic N) is 4. The Kier molecular flexibility index (Phi) is 4.68. The highest BCUT2D eigenvalue weighted by Crippen LogP contribution is 2.12. The number of carbonyl (C=O) groups is 1. The molecule has 23 heavy (non-hydrogen) atoms. The summed E-state index contributed by atoms with van der Waals surface area (Å²) in [4.78, 5) is 24.4. The van der Waals surface area contributed by atoms with Gasteiger partial charge in [-0.1, -0.05) is 6.07 Å². The molecule has 3 rings (SSSR count). The number of aromatic amines is 1. The van der Waals surface area contributed by atoms with Crippen molar-refractivity contribution in [2.75, 3.05) is 6.54 Å². The molecule has 3 aromatic rings. The van der Waals surface area contributed by atoms with Crippen molar-refractivity contribution in [3.8, 4) is 11.4 Å². The topological polar surface area (TPSA) is 96.5 Å². The average Bonchev–Trinajstić information content (AvgIpc) is 3.05. The van der Waals surface area contributed by atoms with Crippen LogP contribution in [0.5, 0.6) is 0 Å². The van der Waals surface area contributed by atoms with E-state index in [1.807, 2.05) is 30.3 Å². The third-order valence-electron chi connectivity index (χ3n) is 3.23. The molecule has 0 aliphatic carbocycles. The first-order valence-corrected chi connectivity index (χ1v) is 7.29. The molecule has 7 nitrogen and oxygen atoms in total. The monoisotopic (exact) mass is 308 g/mol. The Bertz CT molecular complexity index is 757. The zero-order chi connectivity index (χ0) is 15.9. The van der Waals surface area contributed by atoms with E-state index in [0.717, 1.165) is 11.3 Å². The van der Waals surface area contributed by atoms with Crippen LogP contribution >= 0.6 is 0 Å². The molecule has 116 valence electrons. The Balaban J connectivity index is 1.49. The molecule has 0 saturated heterocycles. The number of hydrogen-bond donors (Lipinski definition) is 2. The van der Waals surface area contributed by atoms with E-state index in [1.54, 1.807) is 18.6 Å². The highest BCUT2D eigenvalue weighted by Gasteiger charge is 2.09. The number of pyridine rings is 2. The summed E-state index contributed by atoms with van der Waals surface area (Å²) < 4.78 is 0. The maximum Gasteiger partial charge on any atom is 0.227 e. The van der Waals surface area contributed by atoms with E-state index < -0.39 is 0 Å².